The SMILES string of the molecule is CCCCOc1ccc(C(=O)/C=C/Nc2cc(C(=O)OC)ccc2C(=O)OC)cc1. The van der Waals surface area contributed by atoms with Crippen LogP contribution in [0, 0.1) is 0 Å². The van der Waals surface area contributed by atoms with E-state index in [0.717, 1.165) is 12.8 Å². The quantitative estimate of drug-likeness (QED) is 0.270. The molecular formula is C23H25NO6. The lowest BCUT2D eigenvalue weighted by atomic mass is 10.1. The third kappa shape index (κ3) is 6.20. The Labute approximate surface area is 175 Å². The van der Waals surface area contributed by atoms with E-state index >= 15 is 0 Å². The Morgan fingerprint density at radius 2 is 1.60 bits per heavy atom. The first-order valence-electron chi connectivity index (χ1n) is 9.51. The number of anilines is 1. The summed E-state index contributed by atoms with van der Waals surface area (Å²) in [6.07, 6.45) is 4.75. The highest BCUT2D eigenvalue weighted by Crippen LogP contribution is 2.20. The molecule has 0 spiro atoms. The van der Waals surface area contributed by atoms with Gasteiger partial charge in [0.15, 0.2) is 5.78 Å². The lowest BCUT2D eigenvalue weighted by Crippen LogP contribution is -2.08. The van der Waals surface area contributed by atoms with Gasteiger partial charge in [-0.15, -0.1) is 0 Å². The number of methoxy groups -OCH3 is 2. The van der Waals surface area contributed by atoms with Gasteiger partial charge in [0.2, 0.25) is 0 Å². The summed E-state index contributed by atoms with van der Waals surface area (Å²) in [7, 11) is 2.53. The maximum atomic E-state index is 12.4. The lowest BCUT2D eigenvalue weighted by molar-refractivity contribution is 0.0587. The molecule has 0 amide bonds. The molecule has 2 rings (SSSR count). The van der Waals surface area contributed by atoms with Gasteiger partial charge in [-0.3, -0.25) is 4.79 Å². The van der Waals surface area contributed by atoms with E-state index in [0.29, 0.717) is 23.6 Å². The Hall–Kier alpha value is -3.61. The number of ketones is 1. The predicted octanol–water partition coefficient (Wildman–Crippen LogP) is 4.25. The highest BCUT2D eigenvalue weighted by atomic mass is 16.5. The average Bonchev–Trinajstić information content (AvgIpc) is 2.78. The van der Waals surface area contributed by atoms with Gasteiger partial charge in [0, 0.05) is 17.8 Å². The zero-order valence-electron chi connectivity index (χ0n) is 17.3. The van der Waals surface area contributed by atoms with Crippen LogP contribution in [-0.4, -0.2) is 38.5 Å². The largest absolute Gasteiger partial charge is 0.494 e. The van der Waals surface area contributed by atoms with Crippen LogP contribution in [0.5, 0.6) is 5.75 Å². The number of carbonyl (C=O) groups is 3. The standard InChI is InChI=1S/C23H25NO6/c1-4-5-14-30-18-9-6-16(7-10-18)21(25)12-13-24-20-15-17(22(26)28-2)8-11-19(20)23(27)29-3/h6-13,15,24H,4-5,14H2,1-3H3/b13-12+. The molecule has 0 unspecified atom stereocenters. The summed E-state index contributed by atoms with van der Waals surface area (Å²) in [5.74, 6) is -0.640. The van der Waals surface area contributed by atoms with Crippen LogP contribution in [0.2, 0.25) is 0 Å². The van der Waals surface area contributed by atoms with Crippen molar-refractivity contribution in [3.8, 4) is 5.75 Å². The van der Waals surface area contributed by atoms with E-state index in [9.17, 15) is 14.4 Å². The Morgan fingerprint density at radius 1 is 0.933 bits per heavy atom. The average molecular weight is 411 g/mol. The van der Waals surface area contributed by atoms with E-state index < -0.39 is 11.9 Å². The summed E-state index contributed by atoms with van der Waals surface area (Å²) < 4.78 is 15.0. The van der Waals surface area contributed by atoms with Crippen molar-refractivity contribution in [2.45, 2.75) is 19.8 Å². The molecule has 0 saturated heterocycles. The van der Waals surface area contributed by atoms with Crippen LogP contribution in [0.1, 0.15) is 50.8 Å². The van der Waals surface area contributed by atoms with Gasteiger partial charge in [-0.25, -0.2) is 9.59 Å². The molecule has 2 aromatic rings. The molecule has 0 aliphatic heterocycles. The molecule has 30 heavy (non-hydrogen) atoms. The minimum absolute atomic E-state index is 0.218. The van der Waals surface area contributed by atoms with Crippen LogP contribution in [0.4, 0.5) is 5.69 Å². The van der Waals surface area contributed by atoms with Crippen molar-refractivity contribution < 1.29 is 28.6 Å². The summed E-state index contributed by atoms with van der Waals surface area (Å²) in [4.78, 5) is 36.1. The van der Waals surface area contributed by atoms with E-state index in [1.54, 1.807) is 24.3 Å². The van der Waals surface area contributed by atoms with Gasteiger partial charge >= 0.3 is 11.9 Å². The third-order valence-electron chi connectivity index (χ3n) is 4.22. The summed E-state index contributed by atoms with van der Waals surface area (Å²) in [6, 6.07) is 11.2. The second kappa shape index (κ2) is 11.4. The number of nitrogens with one attached hydrogen (secondary N) is 1. The maximum absolute atomic E-state index is 12.4. The fraction of sp³-hybridized carbons (Fsp3) is 0.261. The fourth-order valence-corrected chi connectivity index (χ4v) is 2.55. The number of rotatable bonds is 10. The zero-order valence-corrected chi connectivity index (χ0v) is 17.3. The number of hydrogen-bond donors (Lipinski definition) is 1. The van der Waals surface area contributed by atoms with E-state index in [2.05, 4.69) is 12.2 Å². The zero-order chi connectivity index (χ0) is 21.9. The van der Waals surface area contributed by atoms with Crippen molar-refractivity contribution in [1.29, 1.82) is 0 Å². The predicted molar refractivity (Wildman–Crippen MR) is 113 cm³/mol. The summed E-state index contributed by atoms with van der Waals surface area (Å²) >= 11 is 0. The molecule has 0 aliphatic rings. The molecule has 0 aliphatic carbocycles. The van der Waals surface area contributed by atoms with Crippen molar-refractivity contribution in [3.05, 3.63) is 71.4 Å². The minimum atomic E-state index is -0.577. The van der Waals surface area contributed by atoms with Crippen molar-refractivity contribution in [1.82, 2.24) is 0 Å². The van der Waals surface area contributed by atoms with Crippen LogP contribution in [0.15, 0.2) is 54.7 Å². The van der Waals surface area contributed by atoms with E-state index in [1.165, 1.54) is 44.7 Å². The molecule has 0 bridgehead atoms. The van der Waals surface area contributed by atoms with E-state index in [-0.39, 0.29) is 16.9 Å². The minimum Gasteiger partial charge on any atom is -0.494 e. The summed E-state index contributed by atoms with van der Waals surface area (Å²) in [5, 5.41) is 2.86. The first-order valence-corrected chi connectivity index (χ1v) is 9.51. The smallest absolute Gasteiger partial charge is 0.339 e. The maximum Gasteiger partial charge on any atom is 0.339 e. The van der Waals surface area contributed by atoms with Gasteiger partial charge in [0.25, 0.3) is 0 Å². The van der Waals surface area contributed by atoms with Gasteiger partial charge in [-0.05, 0) is 48.9 Å². The normalized spacial score (nSPS) is 10.5. The number of ether oxygens (including phenoxy) is 3. The number of benzene rings is 2. The first-order chi connectivity index (χ1) is 14.5. The van der Waals surface area contributed by atoms with E-state index in [1.807, 2.05) is 0 Å². The Morgan fingerprint density at radius 3 is 2.23 bits per heavy atom. The van der Waals surface area contributed by atoms with Gasteiger partial charge in [-0.1, -0.05) is 13.3 Å². The van der Waals surface area contributed by atoms with Crippen LogP contribution in [0.25, 0.3) is 0 Å². The van der Waals surface area contributed by atoms with Crippen LogP contribution >= 0.6 is 0 Å². The molecule has 0 radical (unpaired) electrons. The summed E-state index contributed by atoms with van der Waals surface area (Å²) in [5.41, 5.74) is 1.28. The molecule has 7 nitrogen and oxygen atoms in total. The highest BCUT2D eigenvalue weighted by molar-refractivity contribution is 6.05. The van der Waals surface area contributed by atoms with Crippen molar-refractivity contribution in [3.63, 3.8) is 0 Å². The first kappa shape index (κ1) is 22.7. The molecule has 0 aromatic heterocycles. The van der Waals surface area contributed by atoms with Gasteiger partial charge in [0.1, 0.15) is 5.75 Å². The number of carbonyl (C=O) groups excluding carboxylic acids is 3. The van der Waals surface area contributed by atoms with Gasteiger partial charge < -0.3 is 19.5 Å². The Bertz CT molecular complexity index is 918. The number of hydrogen-bond acceptors (Lipinski definition) is 7. The molecule has 0 atom stereocenters. The molecule has 0 saturated carbocycles. The van der Waals surface area contributed by atoms with E-state index in [4.69, 9.17) is 14.2 Å². The lowest BCUT2D eigenvalue weighted by Gasteiger charge is -2.09. The molecule has 1 N–H and O–H groups in total. The summed E-state index contributed by atoms with van der Waals surface area (Å²) in [6.45, 7) is 2.73. The van der Waals surface area contributed by atoms with Crippen molar-refractivity contribution in [2.75, 3.05) is 26.1 Å². The number of esters is 2. The highest BCUT2D eigenvalue weighted by Gasteiger charge is 2.15. The molecule has 2 aromatic carbocycles. The van der Waals surface area contributed by atoms with Crippen molar-refractivity contribution in [2.24, 2.45) is 0 Å². The fourth-order valence-electron chi connectivity index (χ4n) is 2.55. The Kier molecular flexibility index (Phi) is 8.62. The van der Waals surface area contributed by atoms with Crippen LogP contribution in [0.3, 0.4) is 0 Å². The third-order valence-corrected chi connectivity index (χ3v) is 4.22. The monoisotopic (exact) mass is 411 g/mol. The molecular weight excluding hydrogens is 386 g/mol. The topological polar surface area (TPSA) is 90.9 Å². The van der Waals surface area contributed by atoms with Gasteiger partial charge in [-0.2, -0.15) is 0 Å². The second-order valence-electron chi connectivity index (χ2n) is 6.31. The van der Waals surface area contributed by atoms with Crippen molar-refractivity contribution >= 4 is 23.4 Å². The molecule has 7 heteroatoms. The molecule has 0 heterocycles. The molecule has 158 valence electrons. The number of unbranched alkanes of at least 4 members (excludes halogenated alkanes) is 1. The number of allylic oxidation sites excluding steroid dienone is 1. The van der Waals surface area contributed by atoms with Gasteiger partial charge in [0.05, 0.1) is 37.6 Å². The van der Waals surface area contributed by atoms with Crippen LogP contribution < -0.4 is 10.1 Å². The molecule has 0 fully saturated rings. The second-order valence-corrected chi connectivity index (χ2v) is 6.31. The Balaban J connectivity index is 2.10. The van der Waals surface area contributed by atoms with Crippen LogP contribution in [-0.2, 0) is 9.47 Å².